The van der Waals surface area contributed by atoms with E-state index in [4.69, 9.17) is 0 Å². The van der Waals surface area contributed by atoms with Crippen LogP contribution >= 0.6 is 15.9 Å². The maximum absolute atomic E-state index is 12.3. The smallest absolute Gasteiger partial charge is 0.258 e. The molecule has 1 aliphatic rings. The highest BCUT2D eigenvalue weighted by atomic mass is 79.9. The first-order chi connectivity index (χ1) is 9.18. The number of nitrogens with zero attached hydrogens (tertiary/aromatic N) is 1. The molecule has 1 amide bonds. The summed E-state index contributed by atoms with van der Waals surface area (Å²) in [6.07, 6.45) is 1.94. The van der Waals surface area contributed by atoms with Crippen LogP contribution < -0.4 is 4.90 Å². The van der Waals surface area contributed by atoms with E-state index in [2.05, 4.69) is 15.9 Å². The first-order valence-corrected chi connectivity index (χ1v) is 6.81. The molecule has 1 aliphatic heterocycles. The van der Waals surface area contributed by atoms with Crippen LogP contribution in [-0.2, 0) is 4.79 Å². The average Bonchev–Trinajstić information content (AvgIpc) is 2.67. The third-order valence-corrected chi connectivity index (χ3v) is 4.02. The van der Waals surface area contributed by atoms with Gasteiger partial charge in [0.25, 0.3) is 5.91 Å². The van der Waals surface area contributed by atoms with Crippen molar-refractivity contribution in [2.24, 2.45) is 0 Å². The van der Waals surface area contributed by atoms with Crippen molar-refractivity contribution in [1.82, 2.24) is 0 Å². The van der Waals surface area contributed by atoms with Crippen molar-refractivity contribution >= 4 is 39.2 Å². The van der Waals surface area contributed by atoms with Gasteiger partial charge in [-0.2, -0.15) is 0 Å². The van der Waals surface area contributed by atoms with Crippen molar-refractivity contribution in [2.45, 2.75) is 0 Å². The molecule has 3 rings (SSSR count). The molecule has 0 fully saturated rings. The number of carbonyl (C=O) groups excluding carboxylic acids is 1. The van der Waals surface area contributed by atoms with E-state index in [0.717, 1.165) is 26.9 Å². The van der Waals surface area contributed by atoms with E-state index >= 15 is 0 Å². The van der Waals surface area contributed by atoms with Crippen molar-refractivity contribution in [3.63, 3.8) is 0 Å². The SMILES string of the molecule is CN1C(=O)/C(=C/c2ccccc2Br)c2ccccc21. The van der Waals surface area contributed by atoms with Gasteiger partial charge < -0.3 is 4.90 Å². The molecule has 3 heteroatoms. The maximum Gasteiger partial charge on any atom is 0.258 e. The summed E-state index contributed by atoms with van der Waals surface area (Å²) in [5.74, 6) is 0.0388. The summed E-state index contributed by atoms with van der Waals surface area (Å²) in [6, 6.07) is 15.7. The highest BCUT2D eigenvalue weighted by molar-refractivity contribution is 9.10. The fourth-order valence-corrected chi connectivity index (χ4v) is 2.69. The number of carbonyl (C=O) groups is 1. The highest BCUT2D eigenvalue weighted by Gasteiger charge is 2.28. The normalized spacial score (nSPS) is 16.0. The minimum atomic E-state index is 0.0388. The van der Waals surface area contributed by atoms with Crippen molar-refractivity contribution in [1.29, 1.82) is 0 Å². The quantitative estimate of drug-likeness (QED) is 0.730. The lowest BCUT2D eigenvalue weighted by molar-refractivity contribution is -0.112. The molecular weight excluding hydrogens is 302 g/mol. The molecule has 19 heavy (non-hydrogen) atoms. The van der Waals surface area contributed by atoms with Gasteiger partial charge in [0.2, 0.25) is 0 Å². The molecule has 0 bridgehead atoms. The van der Waals surface area contributed by atoms with Gasteiger partial charge in [-0.25, -0.2) is 0 Å². The Hall–Kier alpha value is -1.87. The number of hydrogen-bond donors (Lipinski definition) is 0. The molecule has 0 saturated carbocycles. The van der Waals surface area contributed by atoms with Crippen LogP contribution in [0.3, 0.4) is 0 Å². The van der Waals surface area contributed by atoms with Crippen LogP contribution in [0.2, 0.25) is 0 Å². The number of likely N-dealkylation sites (N-methyl/N-ethyl adjacent to an activating group) is 1. The van der Waals surface area contributed by atoms with Gasteiger partial charge in [-0.1, -0.05) is 52.3 Å². The Kier molecular flexibility index (Phi) is 2.99. The van der Waals surface area contributed by atoms with Crippen molar-refractivity contribution in [3.05, 3.63) is 64.1 Å². The summed E-state index contributed by atoms with van der Waals surface area (Å²) < 4.78 is 0.988. The molecule has 1 heterocycles. The summed E-state index contributed by atoms with van der Waals surface area (Å²) in [5, 5.41) is 0. The second-order valence-electron chi connectivity index (χ2n) is 4.46. The number of rotatable bonds is 1. The molecular formula is C16H12BrNO. The van der Waals surface area contributed by atoms with Crippen LogP contribution in [0, 0.1) is 0 Å². The van der Waals surface area contributed by atoms with E-state index in [1.54, 1.807) is 4.90 Å². The number of halogens is 1. The Morgan fingerprint density at radius 2 is 1.74 bits per heavy atom. The van der Waals surface area contributed by atoms with Crippen LogP contribution in [0.1, 0.15) is 11.1 Å². The third kappa shape index (κ3) is 2.00. The zero-order valence-corrected chi connectivity index (χ0v) is 12.0. The van der Waals surface area contributed by atoms with Crippen LogP contribution in [0.25, 0.3) is 11.6 Å². The van der Waals surface area contributed by atoms with Crippen molar-refractivity contribution in [3.8, 4) is 0 Å². The fraction of sp³-hybridized carbons (Fsp3) is 0.0625. The molecule has 0 radical (unpaired) electrons. The van der Waals surface area contributed by atoms with Crippen molar-refractivity contribution < 1.29 is 4.79 Å². The summed E-state index contributed by atoms with van der Waals surface area (Å²) in [4.78, 5) is 14.0. The van der Waals surface area contributed by atoms with Crippen LogP contribution in [-0.4, -0.2) is 13.0 Å². The Morgan fingerprint density at radius 3 is 2.53 bits per heavy atom. The second-order valence-corrected chi connectivity index (χ2v) is 5.32. The molecule has 2 aromatic carbocycles. The standard InChI is InChI=1S/C16H12BrNO/c1-18-15-9-5-3-7-12(15)13(16(18)19)10-11-6-2-4-8-14(11)17/h2-10H,1H3/b13-10+. The van der Waals surface area contributed by atoms with E-state index in [1.165, 1.54) is 0 Å². The predicted molar refractivity (Wildman–Crippen MR) is 81.9 cm³/mol. The van der Waals surface area contributed by atoms with E-state index in [0.29, 0.717) is 0 Å². The molecule has 0 N–H and O–H groups in total. The number of hydrogen-bond acceptors (Lipinski definition) is 1. The van der Waals surface area contributed by atoms with Gasteiger partial charge in [0.15, 0.2) is 0 Å². The number of amides is 1. The summed E-state index contributed by atoms with van der Waals surface area (Å²) in [5.41, 5.74) is 3.71. The predicted octanol–water partition coefficient (Wildman–Crippen LogP) is 3.97. The summed E-state index contributed by atoms with van der Waals surface area (Å²) in [6.45, 7) is 0. The molecule has 94 valence electrons. The van der Waals surface area contributed by atoms with E-state index in [9.17, 15) is 4.79 Å². The molecule has 2 aromatic rings. The zero-order valence-electron chi connectivity index (χ0n) is 10.4. The lowest BCUT2D eigenvalue weighted by Gasteiger charge is -2.08. The van der Waals surface area contributed by atoms with E-state index in [-0.39, 0.29) is 5.91 Å². The number of para-hydroxylation sites is 1. The molecule has 0 aromatic heterocycles. The first-order valence-electron chi connectivity index (χ1n) is 6.02. The molecule has 0 unspecified atom stereocenters. The monoisotopic (exact) mass is 313 g/mol. The summed E-state index contributed by atoms with van der Waals surface area (Å²) >= 11 is 3.51. The van der Waals surface area contributed by atoms with Gasteiger partial charge in [-0.15, -0.1) is 0 Å². The summed E-state index contributed by atoms with van der Waals surface area (Å²) in [7, 11) is 1.81. The molecule has 0 spiro atoms. The number of fused-ring (bicyclic) bond motifs is 1. The average molecular weight is 314 g/mol. The molecule has 0 aliphatic carbocycles. The zero-order chi connectivity index (χ0) is 13.4. The minimum Gasteiger partial charge on any atom is -0.311 e. The second kappa shape index (κ2) is 4.67. The number of benzene rings is 2. The highest BCUT2D eigenvalue weighted by Crippen LogP contribution is 2.37. The van der Waals surface area contributed by atoms with Gasteiger partial charge >= 0.3 is 0 Å². The van der Waals surface area contributed by atoms with Gasteiger partial charge in [0.1, 0.15) is 0 Å². The fourth-order valence-electron chi connectivity index (χ4n) is 2.29. The van der Waals surface area contributed by atoms with Gasteiger partial charge in [0, 0.05) is 22.7 Å². The third-order valence-electron chi connectivity index (χ3n) is 3.30. The Morgan fingerprint density at radius 1 is 1.05 bits per heavy atom. The Balaban J connectivity index is 2.16. The van der Waals surface area contributed by atoms with Crippen LogP contribution in [0.4, 0.5) is 5.69 Å². The largest absolute Gasteiger partial charge is 0.311 e. The first kappa shape index (κ1) is 12.2. The Labute approximate surface area is 120 Å². The van der Waals surface area contributed by atoms with Crippen LogP contribution in [0.5, 0.6) is 0 Å². The molecule has 0 atom stereocenters. The van der Waals surface area contributed by atoms with E-state index in [1.807, 2.05) is 61.7 Å². The lowest BCUT2D eigenvalue weighted by atomic mass is 10.0. The molecule has 0 saturated heterocycles. The van der Waals surface area contributed by atoms with Crippen molar-refractivity contribution in [2.75, 3.05) is 11.9 Å². The Bertz CT molecular complexity index is 691. The number of anilines is 1. The maximum atomic E-state index is 12.3. The lowest BCUT2D eigenvalue weighted by Crippen LogP contribution is -2.20. The topological polar surface area (TPSA) is 20.3 Å². The minimum absolute atomic E-state index is 0.0388. The van der Waals surface area contributed by atoms with Gasteiger partial charge in [-0.05, 0) is 23.8 Å². The van der Waals surface area contributed by atoms with Gasteiger partial charge in [0.05, 0.1) is 5.69 Å². The van der Waals surface area contributed by atoms with Gasteiger partial charge in [-0.3, -0.25) is 4.79 Å². The molecule has 2 nitrogen and oxygen atoms in total. The van der Waals surface area contributed by atoms with E-state index < -0.39 is 0 Å². The van der Waals surface area contributed by atoms with Crippen LogP contribution in [0.15, 0.2) is 53.0 Å².